The van der Waals surface area contributed by atoms with Gasteiger partial charge in [0.05, 0.1) is 40.4 Å². The van der Waals surface area contributed by atoms with E-state index in [0.29, 0.717) is 11.1 Å². The Hall–Kier alpha value is -8.02. The van der Waals surface area contributed by atoms with Crippen LogP contribution in [0.1, 0.15) is 81.9 Å². The number of nitrogens with one attached hydrogen (secondary N) is 4. The maximum atomic E-state index is 14.6. The fourth-order valence-electron chi connectivity index (χ4n) is 8.00. The van der Waals surface area contributed by atoms with Crippen molar-refractivity contribution < 1.29 is 64.5 Å². The third-order valence-corrected chi connectivity index (χ3v) is 11.0. The summed E-state index contributed by atoms with van der Waals surface area (Å²) in [5, 5.41) is 86.0. The number of phenolic OH excluding ortho intramolecular Hbond substituents is 3. The number of amides is 2. The molecule has 3 aliphatic rings. The first-order valence-corrected chi connectivity index (χ1v) is 19.3. The van der Waals surface area contributed by atoms with Crippen LogP contribution in [-0.2, 0) is 30.3 Å². The molecule has 0 saturated carbocycles. The van der Waals surface area contributed by atoms with Gasteiger partial charge in [-0.25, -0.2) is 9.59 Å². The second kappa shape index (κ2) is 16.4. The molecule has 4 aromatic rings. The highest BCUT2D eigenvalue weighted by atomic mass is 16.4. The zero-order valence-electron chi connectivity index (χ0n) is 33.5. The summed E-state index contributed by atoms with van der Waals surface area (Å²) in [7, 11) is 0. The first-order valence-electron chi connectivity index (χ1n) is 19.3. The topological polar surface area (TPSA) is 292 Å². The average Bonchev–Trinajstić information content (AvgIpc) is 3.67. The van der Waals surface area contributed by atoms with Crippen LogP contribution in [0.15, 0.2) is 114 Å². The molecule has 0 unspecified atom stereocenters. The number of aromatic carboxylic acids is 2. The molecule has 17 heteroatoms. The van der Waals surface area contributed by atoms with Crippen LogP contribution < -0.4 is 21.3 Å². The molecule has 17 nitrogen and oxygen atoms in total. The van der Waals surface area contributed by atoms with Crippen LogP contribution in [0, 0.1) is 0 Å². The van der Waals surface area contributed by atoms with E-state index in [-0.39, 0.29) is 74.7 Å². The van der Waals surface area contributed by atoms with E-state index < -0.39 is 70.1 Å². The predicted octanol–water partition coefficient (Wildman–Crippen LogP) is 5.42. The van der Waals surface area contributed by atoms with Gasteiger partial charge in [0.15, 0.2) is 11.6 Å². The molecule has 0 saturated heterocycles. The summed E-state index contributed by atoms with van der Waals surface area (Å²) in [6.07, 6.45) is 4.14. The lowest BCUT2D eigenvalue weighted by molar-refractivity contribution is -0.130. The lowest BCUT2D eigenvalue weighted by atomic mass is 9.80. The van der Waals surface area contributed by atoms with Crippen LogP contribution in [-0.4, -0.2) is 71.1 Å². The van der Waals surface area contributed by atoms with Gasteiger partial charge in [-0.15, -0.1) is 0 Å². The minimum atomic E-state index is -2.43. The number of hydrogen-bond donors (Lipinski definition) is 11. The number of rotatable bonds is 6. The third kappa shape index (κ3) is 7.77. The Labute approximate surface area is 358 Å². The van der Waals surface area contributed by atoms with Crippen molar-refractivity contribution in [1.29, 1.82) is 0 Å². The molecule has 2 heterocycles. The van der Waals surface area contributed by atoms with Crippen LogP contribution >= 0.6 is 0 Å². The smallest absolute Gasteiger partial charge is 0.337 e. The lowest BCUT2D eigenvalue weighted by Gasteiger charge is -2.30. The largest absolute Gasteiger partial charge is 0.508 e. The molecule has 11 N–H and O–H groups in total. The number of ketones is 2. The van der Waals surface area contributed by atoms with Gasteiger partial charge < -0.3 is 57.0 Å². The van der Waals surface area contributed by atoms with Gasteiger partial charge in [-0.1, -0.05) is 47.6 Å². The molecule has 2 aliphatic heterocycles. The Morgan fingerprint density at radius 1 is 0.619 bits per heavy atom. The van der Waals surface area contributed by atoms with Gasteiger partial charge in [0.25, 0.3) is 11.8 Å². The third-order valence-electron chi connectivity index (χ3n) is 11.0. The van der Waals surface area contributed by atoms with Crippen molar-refractivity contribution in [1.82, 2.24) is 0 Å². The van der Waals surface area contributed by atoms with E-state index in [1.165, 1.54) is 60.7 Å². The van der Waals surface area contributed by atoms with E-state index in [1.807, 2.05) is 0 Å². The Morgan fingerprint density at radius 2 is 1.10 bits per heavy atom. The van der Waals surface area contributed by atoms with Gasteiger partial charge in [-0.05, 0) is 86.4 Å². The zero-order chi connectivity index (χ0) is 45.5. The first kappa shape index (κ1) is 43.1. The number of anilines is 4. The molecule has 1 aliphatic carbocycles. The van der Waals surface area contributed by atoms with Gasteiger partial charge in [0, 0.05) is 35.0 Å². The number of aliphatic hydroxyl groups excluding tert-OH is 2. The summed E-state index contributed by atoms with van der Waals surface area (Å²) in [5.41, 5.74) is -5.57. The molecule has 0 aromatic heterocycles. The van der Waals surface area contributed by atoms with Gasteiger partial charge in [-0.2, -0.15) is 0 Å². The molecular weight excluding hydrogens is 817 g/mol. The number of carbonyl (C=O) groups is 6. The van der Waals surface area contributed by atoms with E-state index in [4.69, 9.17) is 0 Å². The number of para-hydroxylation sites is 1. The van der Waals surface area contributed by atoms with Gasteiger partial charge in [0.1, 0.15) is 17.2 Å². The molecule has 0 spiro atoms. The number of aromatic hydroxyl groups is 3. The van der Waals surface area contributed by atoms with Crippen LogP contribution in [0.25, 0.3) is 0 Å². The Morgan fingerprint density at radius 3 is 1.59 bits per heavy atom. The second-order valence-electron chi connectivity index (χ2n) is 15.3. The molecule has 0 bridgehead atoms. The van der Waals surface area contributed by atoms with E-state index in [9.17, 15) is 64.5 Å². The van der Waals surface area contributed by atoms with E-state index in [1.54, 1.807) is 13.8 Å². The monoisotopic (exact) mass is 856 g/mol. The number of carbonyl (C=O) groups excluding carboxylic acids is 4. The normalized spacial score (nSPS) is 24.9. The van der Waals surface area contributed by atoms with Crippen molar-refractivity contribution in [3.8, 4) is 17.2 Å². The van der Waals surface area contributed by atoms with Crippen LogP contribution in [0.3, 0.4) is 0 Å². The number of carboxylic acid groups (broad SMARTS) is 2. The minimum absolute atomic E-state index is 0.0454. The Balaban J connectivity index is 1.41. The van der Waals surface area contributed by atoms with Gasteiger partial charge in [-0.3, -0.25) is 19.2 Å². The minimum Gasteiger partial charge on any atom is -0.508 e. The van der Waals surface area contributed by atoms with Crippen LogP contribution in [0.5, 0.6) is 17.2 Å². The number of carboxylic acids is 2. The van der Waals surface area contributed by atoms with Crippen LogP contribution in [0.4, 0.5) is 22.7 Å². The molecule has 0 fully saturated rings. The number of allylic oxidation sites excluding steroid dienone is 4. The molecule has 4 aromatic carbocycles. The molecule has 63 heavy (non-hydrogen) atoms. The van der Waals surface area contributed by atoms with Crippen molar-refractivity contribution in [2.24, 2.45) is 0 Å². The van der Waals surface area contributed by atoms with Crippen LogP contribution in [0.2, 0.25) is 0 Å². The molecule has 0 radical (unpaired) electrons. The first-order chi connectivity index (χ1) is 29.8. The van der Waals surface area contributed by atoms with E-state index in [0.717, 1.165) is 42.5 Å². The summed E-state index contributed by atoms with van der Waals surface area (Å²) in [4.78, 5) is 81.8. The summed E-state index contributed by atoms with van der Waals surface area (Å²) in [6, 6.07) is 13.4. The number of hydrogen-bond acceptors (Lipinski definition) is 13. The van der Waals surface area contributed by atoms with Crippen molar-refractivity contribution in [3.63, 3.8) is 0 Å². The molecule has 7 rings (SSSR count). The van der Waals surface area contributed by atoms with Gasteiger partial charge >= 0.3 is 11.9 Å². The number of benzene rings is 4. The molecular formula is C46H40N4O13. The zero-order valence-corrected chi connectivity index (χ0v) is 33.5. The average molecular weight is 857 g/mol. The highest BCUT2D eigenvalue weighted by molar-refractivity contribution is 6.27. The van der Waals surface area contributed by atoms with Crippen molar-refractivity contribution in [2.45, 2.75) is 50.0 Å². The van der Waals surface area contributed by atoms with Gasteiger partial charge in [0.2, 0.25) is 11.1 Å². The van der Waals surface area contributed by atoms with Crippen molar-refractivity contribution >= 4 is 58.1 Å². The Kier molecular flexibility index (Phi) is 11.2. The predicted molar refractivity (Wildman–Crippen MR) is 228 cm³/mol. The van der Waals surface area contributed by atoms with E-state index >= 15 is 0 Å². The lowest BCUT2D eigenvalue weighted by Crippen LogP contribution is -2.49. The molecule has 322 valence electrons. The maximum Gasteiger partial charge on any atom is 0.337 e. The fourth-order valence-corrected chi connectivity index (χ4v) is 8.00. The van der Waals surface area contributed by atoms with E-state index in [2.05, 4.69) is 21.3 Å². The number of phenols is 3. The summed E-state index contributed by atoms with van der Waals surface area (Å²) in [5.74, 6) is -7.81. The molecule has 2 amide bonds. The molecule has 4 atom stereocenters. The highest BCUT2D eigenvalue weighted by Gasteiger charge is 2.56. The maximum absolute atomic E-state index is 14.6. The standard InChI is InChI=1S/C46H40N4O13/c1-22-8-12-36(55)31-19-28(53)21-34-40(31)46(44(63)48-34,50-32-6-4-3-5-29(32)42(60)61)38(57)14-10-23(2)7-11-35(54)30-18-27(52)20-33-39(30)45(43(62)47-33,37(56)13-9-22)49-25-15-24(41(58)59)16-26(51)17-25/h3-10,13-21,35-36,49-55H,11-12H2,1-2H3,(H,47,62)(H,48,63)(H,58,59)(H,60,61)/b13-9+,14-10+,22-8+,23-7+/t35-,36-,45+,46-/m0/s1. The van der Waals surface area contributed by atoms with Crippen molar-refractivity contribution in [3.05, 3.63) is 148 Å². The SMILES string of the molecule is CC1=C\C[C@H](O)c2cc(O)cc3c2[C@@](Nc2ccccc2C(=O)O)(C(=O)/C=C/C(C)=C/C[C@H](O)c2cc(O)cc4c2[C@](Nc2cc(O)cc(C(=O)O)c2)(C(=O)\C=C\1)C(=O)N4)C(=O)N3. The summed E-state index contributed by atoms with van der Waals surface area (Å²) >= 11 is 0. The second-order valence-corrected chi connectivity index (χ2v) is 15.3. The summed E-state index contributed by atoms with van der Waals surface area (Å²) < 4.78 is 0. The number of aliphatic hydroxyl groups is 2. The fraction of sp³-hybridized carbons (Fsp3) is 0.174. The highest BCUT2D eigenvalue weighted by Crippen LogP contribution is 2.48. The van der Waals surface area contributed by atoms with Crippen molar-refractivity contribution in [2.75, 3.05) is 21.3 Å². The summed E-state index contributed by atoms with van der Waals surface area (Å²) in [6.45, 7) is 3.12. The Bertz CT molecular complexity index is 2790. The quantitative estimate of drug-likeness (QED) is 0.108.